The highest BCUT2D eigenvalue weighted by molar-refractivity contribution is 7.99. The lowest BCUT2D eigenvalue weighted by atomic mass is 9.94. The fourth-order valence-corrected chi connectivity index (χ4v) is 3.70. The molecule has 1 aliphatic rings. The number of benzene rings is 1. The predicted octanol–water partition coefficient (Wildman–Crippen LogP) is 3.81. The summed E-state index contributed by atoms with van der Waals surface area (Å²) < 4.78 is 6.02. The maximum absolute atomic E-state index is 6.02. The van der Waals surface area contributed by atoms with E-state index >= 15 is 0 Å². The summed E-state index contributed by atoms with van der Waals surface area (Å²) in [4.78, 5) is 0. The molecule has 1 N–H and O–H groups in total. The van der Waals surface area contributed by atoms with Crippen LogP contribution in [0.5, 0.6) is 0 Å². The molecule has 0 bridgehead atoms. The Hall–Kier alpha value is -0.510. The van der Waals surface area contributed by atoms with Crippen LogP contribution >= 0.6 is 11.8 Å². The molecule has 1 aromatic carbocycles. The lowest BCUT2D eigenvalue weighted by molar-refractivity contribution is 0.0315. The first-order valence-electron chi connectivity index (χ1n) is 7.72. The van der Waals surface area contributed by atoms with Crippen LogP contribution in [0.25, 0.3) is 0 Å². The first-order chi connectivity index (χ1) is 9.74. The lowest BCUT2D eigenvalue weighted by Gasteiger charge is -2.29. The number of hydrogen-bond acceptors (Lipinski definition) is 3. The molecule has 3 unspecified atom stereocenters. The van der Waals surface area contributed by atoms with Gasteiger partial charge >= 0.3 is 0 Å². The van der Waals surface area contributed by atoms with Crippen LogP contribution in [0.2, 0.25) is 0 Å². The normalized spacial score (nSPS) is 21.2. The van der Waals surface area contributed by atoms with Gasteiger partial charge in [0.25, 0.3) is 0 Å². The van der Waals surface area contributed by atoms with E-state index in [2.05, 4.69) is 62.2 Å². The van der Waals surface area contributed by atoms with Crippen molar-refractivity contribution in [3.63, 3.8) is 0 Å². The van der Waals surface area contributed by atoms with Gasteiger partial charge in [0.05, 0.1) is 12.7 Å². The Labute approximate surface area is 127 Å². The largest absolute Gasteiger partial charge is 0.373 e. The molecule has 1 heterocycles. The SMILES string of the molecule is CCC(C)SCC(CC1OCCc2ccccc21)NC. The Morgan fingerprint density at radius 2 is 2.20 bits per heavy atom. The Kier molecular flexibility index (Phi) is 6.40. The van der Waals surface area contributed by atoms with Gasteiger partial charge in [-0.25, -0.2) is 0 Å². The lowest BCUT2D eigenvalue weighted by Crippen LogP contribution is -2.32. The zero-order chi connectivity index (χ0) is 14.4. The molecule has 3 heteroatoms. The second-order valence-electron chi connectivity index (χ2n) is 5.58. The van der Waals surface area contributed by atoms with Crippen LogP contribution in [0.1, 0.15) is 43.9 Å². The molecule has 0 saturated heterocycles. The van der Waals surface area contributed by atoms with Gasteiger partial charge in [-0.3, -0.25) is 0 Å². The summed E-state index contributed by atoms with van der Waals surface area (Å²) in [7, 11) is 2.07. The quantitative estimate of drug-likeness (QED) is 0.826. The van der Waals surface area contributed by atoms with Crippen molar-refractivity contribution >= 4 is 11.8 Å². The van der Waals surface area contributed by atoms with Crippen LogP contribution < -0.4 is 5.32 Å². The van der Waals surface area contributed by atoms with Crippen molar-refractivity contribution in [2.24, 2.45) is 0 Å². The Morgan fingerprint density at radius 3 is 2.95 bits per heavy atom. The molecule has 0 amide bonds. The third-order valence-electron chi connectivity index (χ3n) is 4.16. The van der Waals surface area contributed by atoms with Crippen molar-refractivity contribution in [3.8, 4) is 0 Å². The van der Waals surface area contributed by atoms with E-state index in [1.807, 2.05) is 0 Å². The maximum Gasteiger partial charge on any atom is 0.0842 e. The van der Waals surface area contributed by atoms with Crippen LogP contribution in [0.4, 0.5) is 0 Å². The third-order valence-corrected chi connectivity index (χ3v) is 5.65. The molecule has 1 aromatic rings. The van der Waals surface area contributed by atoms with E-state index in [-0.39, 0.29) is 6.10 Å². The van der Waals surface area contributed by atoms with Gasteiger partial charge in [0.2, 0.25) is 0 Å². The van der Waals surface area contributed by atoms with Crippen molar-refractivity contribution in [2.45, 2.75) is 50.5 Å². The number of hydrogen-bond donors (Lipinski definition) is 1. The number of ether oxygens (including phenoxy) is 1. The van der Waals surface area contributed by atoms with Crippen molar-refractivity contribution in [3.05, 3.63) is 35.4 Å². The van der Waals surface area contributed by atoms with E-state index < -0.39 is 0 Å². The van der Waals surface area contributed by atoms with Crippen LogP contribution in [0.3, 0.4) is 0 Å². The minimum Gasteiger partial charge on any atom is -0.373 e. The number of rotatable bonds is 7. The van der Waals surface area contributed by atoms with Crippen LogP contribution in [-0.4, -0.2) is 30.7 Å². The summed E-state index contributed by atoms with van der Waals surface area (Å²) in [6.07, 6.45) is 3.62. The molecule has 0 fully saturated rings. The summed E-state index contributed by atoms with van der Waals surface area (Å²) in [6.45, 7) is 5.42. The minimum atomic E-state index is 0.259. The molecule has 0 aromatic heterocycles. The average Bonchev–Trinajstić information content (AvgIpc) is 2.51. The molecule has 1 aliphatic heterocycles. The molecule has 20 heavy (non-hydrogen) atoms. The molecule has 2 rings (SSSR count). The summed E-state index contributed by atoms with van der Waals surface area (Å²) in [5.74, 6) is 1.16. The highest BCUT2D eigenvalue weighted by Gasteiger charge is 2.23. The van der Waals surface area contributed by atoms with Gasteiger partial charge < -0.3 is 10.1 Å². The summed E-state index contributed by atoms with van der Waals surface area (Å²) in [5.41, 5.74) is 2.86. The molecule has 0 spiro atoms. The minimum absolute atomic E-state index is 0.259. The monoisotopic (exact) mass is 293 g/mol. The first-order valence-corrected chi connectivity index (χ1v) is 8.77. The smallest absolute Gasteiger partial charge is 0.0842 e. The van der Waals surface area contributed by atoms with Crippen molar-refractivity contribution in [1.82, 2.24) is 5.32 Å². The molecule has 0 aliphatic carbocycles. The molecular formula is C17H27NOS. The van der Waals surface area contributed by atoms with E-state index in [9.17, 15) is 0 Å². The molecule has 3 atom stereocenters. The summed E-state index contributed by atoms with van der Waals surface area (Å²) in [6, 6.07) is 9.25. The fraction of sp³-hybridized carbons (Fsp3) is 0.647. The number of nitrogens with one attached hydrogen (secondary N) is 1. The Morgan fingerprint density at radius 1 is 1.40 bits per heavy atom. The van der Waals surface area contributed by atoms with Crippen LogP contribution in [0, 0.1) is 0 Å². The van der Waals surface area contributed by atoms with Gasteiger partial charge in [-0.05, 0) is 37.4 Å². The average molecular weight is 293 g/mol. The number of fused-ring (bicyclic) bond motifs is 1. The molecule has 2 nitrogen and oxygen atoms in total. The Balaban J connectivity index is 1.95. The van der Waals surface area contributed by atoms with Crippen molar-refractivity contribution in [2.75, 3.05) is 19.4 Å². The zero-order valence-corrected chi connectivity index (χ0v) is 13.7. The fourth-order valence-electron chi connectivity index (χ4n) is 2.60. The second-order valence-corrected chi connectivity index (χ2v) is 7.05. The van der Waals surface area contributed by atoms with Crippen molar-refractivity contribution < 1.29 is 4.74 Å². The van der Waals surface area contributed by atoms with Gasteiger partial charge in [0.15, 0.2) is 0 Å². The van der Waals surface area contributed by atoms with E-state index in [4.69, 9.17) is 4.74 Å². The van der Waals surface area contributed by atoms with Crippen LogP contribution in [-0.2, 0) is 11.2 Å². The van der Waals surface area contributed by atoms with Crippen LogP contribution in [0.15, 0.2) is 24.3 Å². The van der Waals surface area contributed by atoms with Gasteiger partial charge in [-0.15, -0.1) is 0 Å². The van der Waals surface area contributed by atoms with E-state index in [0.717, 1.165) is 30.5 Å². The predicted molar refractivity (Wildman–Crippen MR) is 88.5 cm³/mol. The first kappa shape index (κ1) is 15.9. The zero-order valence-electron chi connectivity index (χ0n) is 12.9. The van der Waals surface area contributed by atoms with Gasteiger partial charge in [-0.1, -0.05) is 38.1 Å². The van der Waals surface area contributed by atoms with E-state index in [1.165, 1.54) is 17.5 Å². The topological polar surface area (TPSA) is 21.3 Å². The van der Waals surface area contributed by atoms with Gasteiger partial charge in [0.1, 0.15) is 0 Å². The standard InChI is InChI=1S/C17H27NOS/c1-4-13(2)20-12-15(18-3)11-17-16-8-6-5-7-14(16)9-10-19-17/h5-8,13,15,17-18H,4,9-12H2,1-3H3. The van der Waals surface area contributed by atoms with E-state index in [0.29, 0.717) is 6.04 Å². The molecule has 112 valence electrons. The summed E-state index contributed by atoms with van der Waals surface area (Å²) >= 11 is 2.06. The highest BCUT2D eigenvalue weighted by Crippen LogP contribution is 2.31. The summed E-state index contributed by atoms with van der Waals surface area (Å²) in [5, 5.41) is 4.20. The number of thioether (sulfide) groups is 1. The molecule has 0 saturated carbocycles. The second kappa shape index (κ2) is 8.06. The van der Waals surface area contributed by atoms with E-state index in [1.54, 1.807) is 0 Å². The van der Waals surface area contributed by atoms with Crippen molar-refractivity contribution in [1.29, 1.82) is 0 Å². The maximum atomic E-state index is 6.02. The van der Waals surface area contributed by atoms with Gasteiger partial charge in [-0.2, -0.15) is 11.8 Å². The highest BCUT2D eigenvalue weighted by atomic mass is 32.2. The Bertz CT molecular complexity index is 410. The third kappa shape index (κ3) is 4.24. The molecular weight excluding hydrogens is 266 g/mol. The molecule has 0 radical (unpaired) electrons. The van der Waals surface area contributed by atoms with Gasteiger partial charge in [0, 0.05) is 17.0 Å².